The van der Waals surface area contributed by atoms with Gasteiger partial charge in [-0.15, -0.1) is 5.10 Å². The highest BCUT2D eigenvalue weighted by Crippen LogP contribution is 2.20. The van der Waals surface area contributed by atoms with E-state index in [1.165, 1.54) is 22.7 Å². The number of nitrogens with zero attached hydrogens (tertiary/aromatic N) is 3. The van der Waals surface area contributed by atoms with E-state index >= 15 is 0 Å². The van der Waals surface area contributed by atoms with Gasteiger partial charge in [-0.1, -0.05) is 18.2 Å². The number of carbonyl (C=O) groups excluding carboxylic acids is 1. The first-order chi connectivity index (χ1) is 11.3. The second-order valence-electron chi connectivity index (χ2n) is 6.22. The van der Waals surface area contributed by atoms with Crippen LogP contribution in [-0.2, 0) is 0 Å². The van der Waals surface area contributed by atoms with Crippen LogP contribution in [0.25, 0.3) is 5.65 Å². The lowest BCUT2D eigenvalue weighted by molar-refractivity contribution is 0.102. The van der Waals surface area contributed by atoms with Crippen molar-refractivity contribution in [3.8, 4) is 5.88 Å². The zero-order chi connectivity index (χ0) is 17.3. The second-order valence-corrected chi connectivity index (χ2v) is 6.22. The van der Waals surface area contributed by atoms with Crippen LogP contribution in [0, 0.1) is 5.82 Å². The molecule has 0 saturated heterocycles. The van der Waals surface area contributed by atoms with Crippen LogP contribution in [-0.4, -0.2) is 26.1 Å². The Morgan fingerprint density at radius 1 is 1.17 bits per heavy atom. The minimum Gasteiger partial charge on any atom is -0.472 e. The van der Waals surface area contributed by atoms with Gasteiger partial charge in [-0.3, -0.25) is 10.1 Å². The number of carbonyl (C=O) groups is 1. The highest BCUT2D eigenvalue weighted by atomic mass is 19.1. The average Bonchev–Trinajstić information content (AvgIpc) is 2.89. The van der Waals surface area contributed by atoms with Crippen LogP contribution >= 0.6 is 0 Å². The van der Waals surface area contributed by atoms with E-state index in [2.05, 4.69) is 15.4 Å². The molecule has 1 amide bonds. The fourth-order valence-electron chi connectivity index (χ4n) is 2.14. The van der Waals surface area contributed by atoms with E-state index in [-0.39, 0.29) is 11.5 Å². The standard InChI is InChI=1S/C17H17FN4O2/c1-17(2,3)24-14-10-6-9-13-19-16(21-22(13)14)20-15(23)11-7-4-5-8-12(11)18/h4-10H,1-3H3,(H,20,21,23). The maximum Gasteiger partial charge on any atom is 0.261 e. The lowest BCUT2D eigenvalue weighted by Crippen LogP contribution is -2.24. The third-order valence-electron chi connectivity index (χ3n) is 3.08. The van der Waals surface area contributed by atoms with Crippen molar-refractivity contribution in [2.75, 3.05) is 5.32 Å². The largest absolute Gasteiger partial charge is 0.472 e. The van der Waals surface area contributed by atoms with Gasteiger partial charge in [0.05, 0.1) is 5.56 Å². The maximum absolute atomic E-state index is 13.7. The lowest BCUT2D eigenvalue weighted by atomic mass is 10.2. The first-order valence-corrected chi connectivity index (χ1v) is 7.44. The number of anilines is 1. The molecule has 0 aliphatic heterocycles. The van der Waals surface area contributed by atoms with Gasteiger partial charge < -0.3 is 4.74 Å². The van der Waals surface area contributed by atoms with Crippen molar-refractivity contribution in [3.05, 3.63) is 53.8 Å². The van der Waals surface area contributed by atoms with Crippen LogP contribution in [0.3, 0.4) is 0 Å². The topological polar surface area (TPSA) is 68.5 Å². The van der Waals surface area contributed by atoms with E-state index in [0.717, 1.165) is 0 Å². The summed E-state index contributed by atoms with van der Waals surface area (Å²) in [5, 5.41) is 6.72. The predicted octanol–water partition coefficient (Wildman–Crippen LogP) is 3.30. The Bertz CT molecular complexity index is 899. The third-order valence-corrected chi connectivity index (χ3v) is 3.08. The van der Waals surface area contributed by atoms with Gasteiger partial charge in [0, 0.05) is 6.07 Å². The van der Waals surface area contributed by atoms with Crippen molar-refractivity contribution in [3.63, 3.8) is 0 Å². The Hall–Kier alpha value is -2.96. The van der Waals surface area contributed by atoms with E-state index in [1.54, 1.807) is 24.3 Å². The Balaban J connectivity index is 1.90. The van der Waals surface area contributed by atoms with Crippen molar-refractivity contribution in [1.29, 1.82) is 0 Å². The lowest BCUT2D eigenvalue weighted by Gasteiger charge is -2.21. The third kappa shape index (κ3) is 3.34. The van der Waals surface area contributed by atoms with Crippen molar-refractivity contribution in [2.45, 2.75) is 26.4 Å². The van der Waals surface area contributed by atoms with Crippen LogP contribution in [0.5, 0.6) is 5.88 Å². The van der Waals surface area contributed by atoms with Crippen molar-refractivity contribution in [2.24, 2.45) is 0 Å². The number of amides is 1. The molecule has 1 N–H and O–H groups in total. The number of nitrogens with one attached hydrogen (secondary N) is 1. The number of benzene rings is 1. The highest BCUT2D eigenvalue weighted by molar-refractivity contribution is 6.03. The molecule has 0 spiro atoms. The summed E-state index contributed by atoms with van der Waals surface area (Å²) in [5.74, 6) is -0.634. The molecule has 24 heavy (non-hydrogen) atoms. The molecule has 3 rings (SSSR count). The summed E-state index contributed by atoms with van der Waals surface area (Å²) >= 11 is 0. The average molecular weight is 328 g/mol. The summed E-state index contributed by atoms with van der Waals surface area (Å²) in [4.78, 5) is 16.4. The Morgan fingerprint density at radius 2 is 1.92 bits per heavy atom. The van der Waals surface area contributed by atoms with Gasteiger partial charge >= 0.3 is 0 Å². The van der Waals surface area contributed by atoms with E-state index in [4.69, 9.17) is 4.74 Å². The van der Waals surface area contributed by atoms with Crippen LogP contribution in [0.2, 0.25) is 0 Å². The zero-order valence-electron chi connectivity index (χ0n) is 13.6. The van der Waals surface area contributed by atoms with Gasteiger partial charge in [-0.05, 0) is 39.0 Å². The number of ether oxygens (including phenoxy) is 1. The molecule has 0 unspecified atom stereocenters. The second kappa shape index (κ2) is 5.92. The van der Waals surface area contributed by atoms with Gasteiger partial charge in [0.1, 0.15) is 11.4 Å². The molecule has 1 aromatic carbocycles. The van der Waals surface area contributed by atoms with Crippen molar-refractivity contribution < 1.29 is 13.9 Å². The first kappa shape index (κ1) is 15.9. The molecule has 3 aromatic rings. The molecule has 2 heterocycles. The molecule has 6 nitrogen and oxygen atoms in total. The fraction of sp³-hybridized carbons (Fsp3) is 0.235. The molecule has 0 fully saturated rings. The summed E-state index contributed by atoms with van der Waals surface area (Å²) in [7, 11) is 0. The van der Waals surface area contributed by atoms with E-state index in [1.807, 2.05) is 20.8 Å². The maximum atomic E-state index is 13.7. The normalized spacial score (nSPS) is 11.5. The minimum absolute atomic E-state index is 0.0671. The Kier molecular flexibility index (Phi) is 3.92. The summed E-state index contributed by atoms with van der Waals surface area (Å²) < 4.78 is 21.0. The monoisotopic (exact) mass is 328 g/mol. The molecule has 0 bridgehead atoms. The molecule has 0 atom stereocenters. The predicted molar refractivity (Wildman–Crippen MR) is 87.7 cm³/mol. The summed E-state index contributed by atoms with van der Waals surface area (Å²) in [6, 6.07) is 11.0. The van der Waals surface area contributed by atoms with Crippen LogP contribution in [0.15, 0.2) is 42.5 Å². The van der Waals surface area contributed by atoms with Crippen molar-refractivity contribution in [1.82, 2.24) is 14.6 Å². The summed E-state index contributed by atoms with van der Waals surface area (Å²) in [5.41, 5.74) is 0.0414. The molecule has 124 valence electrons. The van der Waals surface area contributed by atoms with Gasteiger partial charge in [-0.25, -0.2) is 4.39 Å². The quantitative estimate of drug-likeness (QED) is 0.801. The molecular formula is C17H17FN4O2. The van der Waals surface area contributed by atoms with E-state index < -0.39 is 17.3 Å². The molecular weight excluding hydrogens is 311 g/mol. The smallest absolute Gasteiger partial charge is 0.261 e. The van der Waals surface area contributed by atoms with Crippen molar-refractivity contribution >= 4 is 17.5 Å². The summed E-state index contributed by atoms with van der Waals surface area (Å²) in [6.07, 6.45) is 0. The Morgan fingerprint density at radius 3 is 2.62 bits per heavy atom. The summed E-state index contributed by atoms with van der Waals surface area (Å²) in [6.45, 7) is 5.76. The number of hydrogen-bond donors (Lipinski definition) is 1. The number of hydrogen-bond acceptors (Lipinski definition) is 4. The molecule has 0 aliphatic carbocycles. The van der Waals surface area contributed by atoms with E-state index in [9.17, 15) is 9.18 Å². The zero-order valence-corrected chi connectivity index (χ0v) is 13.6. The molecule has 0 saturated carbocycles. The highest BCUT2D eigenvalue weighted by Gasteiger charge is 2.17. The first-order valence-electron chi connectivity index (χ1n) is 7.44. The number of halogens is 1. The number of aromatic nitrogens is 3. The molecule has 7 heteroatoms. The number of pyridine rings is 1. The minimum atomic E-state index is -0.609. The Labute approximate surface area is 138 Å². The van der Waals surface area contributed by atoms with Gasteiger partial charge in [0.25, 0.3) is 5.91 Å². The van der Waals surface area contributed by atoms with Gasteiger partial charge in [0.15, 0.2) is 5.65 Å². The number of rotatable bonds is 3. The molecule has 0 aliphatic rings. The number of fused-ring (bicyclic) bond motifs is 1. The van der Waals surface area contributed by atoms with Crippen LogP contribution in [0.1, 0.15) is 31.1 Å². The SMILES string of the molecule is CC(C)(C)Oc1cccc2nc(NC(=O)c3ccccc3F)nn12. The fourth-order valence-corrected chi connectivity index (χ4v) is 2.14. The van der Waals surface area contributed by atoms with Gasteiger partial charge in [-0.2, -0.15) is 9.50 Å². The van der Waals surface area contributed by atoms with Gasteiger partial charge in [0.2, 0.25) is 11.8 Å². The molecule has 2 aromatic heterocycles. The van der Waals surface area contributed by atoms with Crippen LogP contribution in [0.4, 0.5) is 10.3 Å². The van der Waals surface area contributed by atoms with Crippen LogP contribution < -0.4 is 10.1 Å². The molecule has 0 radical (unpaired) electrons. The van der Waals surface area contributed by atoms with E-state index in [0.29, 0.717) is 11.5 Å².